The molecule has 22 heavy (non-hydrogen) atoms. The molecule has 1 saturated heterocycles. The van der Waals surface area contributed by atoms with Gasteiger partial charge in [-0.2, -0.15) is 0 Å². The van der Waals surface area contributed by atoms with Crippen molar-refractivity contribution in [2.45, 2.75) is 19.1 Å². The Morgan fingerprint density at radius 1 is 1.09 bits per heavy atom. The maximum Gasteiger partial charge on any atom is 0.124 e. The van der Waals surface area contributed by atoms with Gasteiger partial charge in [0.1, 0.15) is 5.82 Å². The zero-order valence-corrected chi connectivity index (χ0v) is 12.5. The van der Waals surface area contributed by atoms with E-state index in [-0.39, 0.29) is 5.82 Å². The van der Waals surface area contributed by atoms with Gasteiger partial charge in [0.25, 0.3) is 0 Å². The molecule has 2 aromatic rings. The molecule has 0 unspecified atom stereocenters. The van der Waals surface area contributed by atoms with Gasteiger partial charge < -0.3 is 5.11 Å². The summed E-state index contributed by atoms with van der Waals surface area (Å²) in [4.78, 5) is 2.20. The molecule has 0 radical (unpaired) electrons. The number of aliphatic hydroxyl groups is 1. The second kappa shape index (κ2) is 5.92. The Hall–Kier alpha value is -2.15. The van der Waals surface area contributed by atoms with Crippen molar-refractivity contribution >= 4 is 0 Å². The average molecular weight is 295 g/mol. The van der Waals surface area contributed by atoms with Gasteiger partial charge in [-0.1, -0.05) is 30.0 Å². The highest BCUT2D eigenvalue weighted by Crippen LogP contribution is 2.22. The zero-order chi connectivity index (χ0) is 15.6. The molecule has 112 valence electrons. The van der Waals surface area contributed by atoms with Gasteiger partial charge in [-0.25, -0.2) is 4.39 Å². The Labute approximate surface area is 130 Å². The monoisotopic (exact) mass is 295 g/mol. The number of likely N-dealkylation sites (tertiary alicyclic amines) is 1. The largest absolute Gasteiger partial charge is 0.388 e. The van der Waals surface area contributed by atoms with Crippen LogP contribution in [0.4, 0.5) is 4.39 Å². The molecule has 1 N–H and O–H groups in total. The topological polar surface area (TPSA) is 23.5 Å². The molecular weight excluding hydrogens is 277 g/mol. The van der Waals surface area contributed by atoms with Gasteiger partial charge in [0, 0.05) is 30.8 Å². The molecule has 2 nitrogen and oxygen atoms in total. The van der Waals surface area contributed by atoms with E-state index in [2.05, 4.69) is 16.7 Å². The van der Waals surface area contributed by atoms with Gasteiger partial charge in [-0.3, -0.25) is 4.90 Å². The smallest absolute Gasteiger partial charge is 0.124 e. The number of nitrogens with zero attached hydrogens (tertiary/aromatic N) is 1. The molecule has 1 aliphatic rings. The molecule has 1 heterocycles. The minimum absolute atomic E-state index is 0.271. The van der Waals surface area contributed by atoms with E-state index in [1.54, 1.807) is 12.1 Å². The third kappa shape index (κ3) is 3.73. The fourth-order valence-electron chi connectivity index (χ4n) is 2.69. The predicted octanol–water partition coefficient (Wildman–Crippen LogP) is 2.79. The molecule has 3 heteroatoms. The first-order valence-corrected chi connectivity index (χ1v) is 7.31. The first kappa shape index (κ1) is 14.8. The van der Waals surface area contributed by atoms with Crippen LogP contribution in [0.25, 0.3) is 0 Å². The van der Waals surface area contributed by atoms with Crippen LogP contribution in [0.3, 0.4) is 0 Å². The SMILES string of the molecule is CC1(O)CN(Cc2ccc(C#Cc3cccc(F)c3)cc2)C1. The molecule has 0 saturated carbocycles. The van der Waals surface area contributed by atoms with Crippen LogP contribution >= 0.6 is 0 Å². The van der Waals surface area contributed by atoms with E-state index in [0.717, 1.165) is 12.1 Å². The maximum absolute atomic E-state index is 13.1. The summed E-state index contributed by atoms with van der Waals surface area (Å²) < 4.78 is 13.1. The summed E-state index contributed by atoms with van der Waals surface area (Å²) in [7, 11) is 0. The lowest BCUT2D eigenvalue weighted by Gasteiger charge is -2.44. The molecule has 0 spiro atoms. The molecule has 2 aromatic carbocycles. The van der Waals surface area contributed by atoms with Crippen molar-refractivity contribution < 1.29 is 9.50 Å². The molecule has 0 aliphatic carbocycles. The average Bonchev–Trinajstić information content (AvgIpc) is 2.45. The normalized spacial score (nSPS) is 16.5. The van der Waals surface area contributed by atoms with Gasteiger partial charge in [-0.05, 0) is 42.8 Å². The van der Waals surface area contributed by atoms with E-state index in [1.165, 1.54) is 17.7 Å². The number of rotatable bonds is 2. The Kier molecular flexibility index (Phi) is 3.98. The second-order valence-electron chi connectivity index (χ2n) is 6.10. The van der Waals surface area contributed by atoms with E-state index in [1.807, 2.05) is 31.2 Å². The molecule has 1 aliphatic heterocycles. The number of hydrogen-bond donors (Lipinski definition) is 1. The molecule has 0 aromatic heterocycles. The molecule has 0 amide bonds. The fraction of sp³-hybridized carbons (Fsp3) is 0.263. The lowest BCUT2D eigenvalue weighted by Crippen LogP contribution is -2.59. The number of halogens is 1. The van der Waals surface area contributed by atoms with Crippen LogP contribution in [-0.2, 0) is 6.54 Å². The van der Waals surface area contributed by atoms with Crippen LogP contribution in [0.15, 0.2) is 48.5 Å². The summed E-state index contributed by atoms with van der Waals surface area (Å²) >= 11 is 0. The Bertz CT molecular complexity index is 717. The third-order valence-corrected chi connectivity index (χ3v) is 3.66. The van der Waals surface area contributed by atoms with Gasteiger partial charge in [0.15, 0.2) is 0 Å². The summed E-state index contributed by atoms with van der Waals surface area (Å²) in [6.45, 7) is 4.13. The van der Waals surface area contributed by atoms with Crippen LogP contribution in [-0.4, -0.2) is 28.7 Å². The maximum atomic E-state index is 13.1. The molecule has 1 fully saturated rings. The van der Waals surface area contributed by atoms with Crippen LogP contribution in [0, 0.1) is 17.7 Å². The van der Waals surface area contributed by atoms with Crippen LogP contribution in [0.1, 0.15) is 23.6 Å². The first-order valence-electron chi connectivity index (χ1n) is 7.31. The van der Waals surface area contributed by atoms with E-state index in [0.29, 0.717) is 18.7 Å². The second-order valence-corrected chi connectivity index (χ2v) is 6.10. The number of β-amino-alcohol motifs (C(OH)–C–C–N with tert-alkyl or cyclic N) is 1. The number of hydrogen-bond acceptors (Lipinski definition) is 2. The number of benzene rings is 2. The van der Waals surface area contributed by atoms with Crippen LogP contribution in [0.2, 0.25) is 0 Å². The van der Waals surface area contributed by atoms with Gasteiger partial charge in [0.2, 0.25) is 0 Å². The van der Waals surface area contributed by atoms with E-state index < -0.39 is 5.60 Å². The summed E-state index contributed by atoms with van der Waals surface area (Å²) in [5.41, 5.74) is 2.25. The molecule has 0 atom stereocenters. The summed E-state index contributed by atoms with van der Waals surface area (Å²) in [6, 6.07) is 14.3. The predicted molar refractivity (Wildman–Crippen MR) is 84.7 cm³/mol. The lowest BCUT2D eigenvalue weighted by atomic mass is 9.96. The quantitative estimate of drug-likeness (QED) is 0.861. The minimum atomic E-state index is -0.531. The zero-order valence-electron chi connectivity index (χ0n) is 12.5. The highest BCUT2D eigenvalue weighted by Gasteiger charge is 2.35. The lowest BCUT2D eigenvalue weighted by molar-refractivity contribution is -0.0871. The first-order chi connectivity index (χ1) is 10.5. The minimum Gasteiger partial charge on any atom is -0.388 e. The summed E-state index contributed by atoms with van der Waals surface area (Å²) in [5, 5.41) is 9.72. The summed E-state index contributed by atoms with van der Waals surface area (Å²) in [6.07, 6.45) is 0. The standard InChI is InChI=1S/C19H18FNO/c1-19(22)13-21(14-19)12-17-9-6-15(7-10-17)5-8-16-3-2-4-18(20)11-16/h2-4,6-7,9-11,22H,12-14H2,1H3. The Morgan fingerprint density at radius 2 is 1.77 bits per heavy atom. The van der Waals surface area contributed by atoms with Gasteiger partial charge in [0.05, 0.1) is 5.60 Å². The van der Waals surface area contributed by atoms with Gasteiger partial charge >= 0.3 is 0 Å². The van der Waals surface area contributed by atoms with Crippen molar-refractivity contribution in [3.63, 3.8) is 0 Å². The fourth-order valence-corrected chi connectivity index (χ4v) is 2.69. The molecular formula is C19H18FNO. The molecule has 3 rings (SSSR count). The Balaban J connectivity index is 1.63. The van der Waals surface area contributed by atoms with Crippen LogP contribution < -0.4 is 0 Å². The van der Waals surface area contributed by atoms with Crippen LogP contribution in [0.5, 0.6) is 0 Å². The van der Waals surface area contributed by atoms with Crippen molar-refractivity contribution in [1.82, 2.24) is 4.90 Å². The highest BCUT2D eigenvalue weighted by molar-refractivity contribution is 5.43. The van der Waals surface area contributed by atoms with Crippen molar-refractivity contribution in [1.29, 1.82) is 0 Å². The van der Waals surface area contributed by atoms with E-state index >= 15 is 0 Å². The third-order valence-electron chi connectivity index (χ3n) is 3.66. The summed E-state index contributed by atoms with van der Waals surface area (Å²) in [5.74, 6) is 5.73. The van der Waals surface area contributed by atoms with Crippen molar-refractivity contribution in [2.24, 2.45) is 0 Å². The van der Waals surface area contributed by atoms with Crippen molar-refractivity contribution in [3.05, 3.63) is 71.0 Å². The van der Waals surface area contributed by atoms with E-state index in [4.69, 9.17) is 0 Å². The van der Waals surface area contributed by atoms with E-state index in [9.17, 15) is 9.50 Å². The van der Waals surface area contributed by atoms with Crippen molar-refractivity contribution in [2.75, 3.05) is 13.1 Å². The molecule has 0 bridgehead atoms. The Morgan fingerprint density at radius 3 is 2.41 bits per heavy atom. The highest BCUT2D eigenvalue weighted by atomic mass is 19.1. The van der Waals surface area contributed by atoms with Gasteiger partial charge in [-0.15, -0.1) is 0 Å². The van der Waals surface area contributed by atoms with Crippen molar-refractivity contribution in [3.8, 4) is 11.8 Å².